The molecule has 1 aromatic carbocycles. The average Bonchev–Trinajstić information content (AvgIpc) is 3.48. The quantitative estimate of drug-likeness (QED) is 0.643. The molecule has 0 spiro atoms. The maximum atomic E-state index is 12.8. The Kier molecular flexibility index (Phi) is 6.39. The van der Waals surface area contributed by atoms with Gasteiger partial charge in [0.25, 0.3) is 5.91 Å². The van der Waals surface area contributed by atoms with E-state index in [2.05, 4.69) is 12.2 Å². The summed E-state index contributed by atoms with van der Waals surface area (Å²) in [6.07, 6.45) is 2.41. The van der Waals surface area contributed by atoms with Crippen molar-refractivity contribution in [2.24, 2.45) is 5.92 Å². The lowest BCUT2D eigenvalue weighted by Crippen LogP contribution is -3.15. The molecule has 1 aromatic rings. The predicted octanol–water partition coefficient (Wildman–Crippen LogP) is -0.111. The first-order valence-corrected chi connectivity index (χ1v) is 11.2. The molecule has 2 N–H and O–H groups in total. The van der Waals surface area contributed by atoms with Crippen molar-refractivity contribution in [2.45, 2.75) is 37.6 Å². The van der Waals surface area contributed by atoms with Crippen LogP contribution < -0.4 is 15.0 Å². The Bertz CT molecular complexity index is 739. The standard InChI is InChI=1S/C19H29N3O4S/c1-3-26-17-6-8-18(9-7-17)27(24,25)22-12-10-21(11-13-22)14-19(23)20-15(2)16-4-5-16/h6-9,15-16H,3-5,10-14H2,1-2H3,(H,20,23)/p+1/t15-/m0/s1. The zero-order chi connectivity index (χ0) is 19.4. The highest BCUT2D eigenvalue weighted by molar-refractivity contribution is 7.89. The number of rotatable bonds is 8. The van der Waals surface area contributed by atoms with Gasteiger partial charge in [0.05, 0.1) is 37.7 Å². The minimum atomic E-state index is -3.50. The number of piperazine rings is 1. The molecule has 1 atom stereocenters. The first kappa shape index (κ1) is 20.1. The van der Waals surface area contributed by atoms with Crippen LogP contribution in [0.1, 0.15) is 26.7 Å². The molecule has 2 fully saturated rings. The van der Waals surface area contributed by atoms with E-state index in [1.807, 2.05) is 6.92 Å². The van der Waals surface area contributed by atoms with Crippen LogP contribution in [0.4, 0.5) is 0 Å². The lowest BCUT2D eigenvalue weighted by atomic mass is 10.2. The van der Waals surface area contributed by atoms with E-state index >= 15 is 0 Å². The van der Waals surface area contributed by atoms with E-state index in [-0.39, 0.29) is 16.8 Å². The predicted molar refractivity (Wildman–Crippen MR) is 102 cm³/mol. The van der Waals surface area contributed by atoms with E-state index in [9.17, 15) is 13.2 Å². The second-order valence-electron chi connectivity index (χ2n) is 7.43. The maximum Gasteiger partial charge on any atom is 0.275 e. The van der Waals surface area contributed by atoms with Gasteiger partial charge in [0.1, 0.15) is 5.75 Å². The second kappa shape index (κ2) is 8.58. The van der Waals surface area contributed by atoms with Gasteiger partial charge in [0.15, 0.2) is 6.54 Å². The van der Waals surface area contributed by atoms with Crippen molar-refractivity contribution in [3.8, 4) is 5.75 Å². The van der Waals surface area contributed by atoms with Gasteiger partial charge in [-0.3, -0.25) is 4.79 Å². The fraction of sp³-hybridized carbons (Fsp3) is 0.632. The van der Waals surface area contributed by atoms with Gasteiger partial charge in [0.2, 0.25) is 10.0 Å². The Labute approximate surface area is 161 Å². The molecule has 3 rings (SSSR count). The first-order valence-electron chi connectivity index (χ1n) is 9.76. The Morgan fingerprint density at radius 3 is 2.44 bits per heavy atom. The summed E-state index contributed by atoms with van der Waals surface area (Å²) in [5.41, 5.74) is 0. The molecule has 0 bridgehead atoms. The fourth-order valence-electron chi connectivity index (χ4n) is 3.49. The first-order chi connectivity index (χ1) is 12.9. The lowest BCUT2D eigenvalue weighted by molar-refractivity contribution is -0.895. The molecule has 1 saturated heterocycles. The third kappa shape index (κ3) is 5.21. The van der Waals surface area contributed by atoms with Gasteiger partial charge in [-0.25, -0.2) is 8.42 Å². The SMILES string of the molecule is CCOc1ccc(S(=O)(=O)N2CC[NH+](CC(=O)N[C@@H](C)C3CC3)CC2)cc1. The van der Waals surface area contributed by atoms with Gasteiger partial charge in [-0.1, -0.05) is 0 Å². The third-order valence-corrected chi connectivity index (χ3v) is 7.24. The van der Waals surface area contributed by atoms with E-state index < -0.39 is 10.0 Å². The molecule has 150 valence electrons. The summed E-state index contributed by atoms with van der Waals surface area (Å²) in [5, 5.41) is 3.07. The van der Waals surface area contributed by atoms with Crippen LogP contribution in [0.25, 0.3) is 0 Å². The number of sulfonamides is 1. The monoisotopic (exact) mass is 396 g/mol. The number of quaternary nitrogens is 1. The Morgan fingerprint density at radius 2 is 1.89 bits per heavy atom. The van der Waals surface area contributed by atoms with Crippen molar-refractivity contribution < 1.29 is 22.8 Å². The van der Waals surface area contributed by atoms with Crippen molar-refractivity contribution in [1.82, 2.24) is 9.62 Å². The second-order valence-corrected chi connectivity index (χ2v) is 9.37. The summed E-state index contributed by atoms with van der Waals surface area (Å²) in [5.74, 6) is 1.37. The van der Waals surface area contributed by atoms with E-state index in [4.69, 9.17) is 4.74 Å². The van der Waals surface area contributed by atoms with Gasteiger partial charge >= 0.3 is 0 Å². The van der Waals surface area contributed by atoms with Crippen LogP contribution in [0.15, 0.2) is 29.2 Å². The summed E-state index contributed by atoms with van der Waals surface area (Å²) in [4.78, 5) is 13.6. The number of amides is 1. The minimum absolute atomic E-state index is 0.0622. The molecule has 2 aliphatic rings. The molecule has 7 nitrogen and oxygen atoms in total. The largest absolute Gasteiger partial charge is 0.494 e. The molecular weight excluding hydrogens is 366 g/mol. The normalized spacial score (nSPS) is 20.2. The summed E-state index contributed by atoms with van der Waals surface area (Å²) in [6, 6.07) is 6.80. The van der Waals surface area contributed by atoms with Gasteiger partial charge in [-0.2, -0.15) is 4.31 Å². The number of nitrogens with zero attached hydrogens (tertiary/aromatic N) is 1. The van der Waals surface area contributed by atoms with E-state index in [1.54, 1.807) is 24.3 Å². The van der Waals surface area contributed by atoms with Crippen LogP contribution in [0.3, 0.4) is 0 Å². The summed E-state index contributed by atoms with van der Waals surface area (Å²) in [7, 11) is -3.50. The molecule has 1 aliphatic carbocycles. The molecule has 0 aromatic heterocycles. The fourth-order valence-corrected chi connectivity index (χ4v) is 4.93. The zero-order valence-electron chi connectivity index (χ0n) is 16.1. The molecule has 0 unspecified atom stereocenters. The smallest absolute Gasteiger partial charge is 0.275 e. The van der Waals surface area contributed by atoms with E-state index in [1.165, 1.54) is 17.1 Å². The van der Waals surface area contributed by atoms with Crippen molar-refractivity contribution >= 4 is 15.9 Å². The summed E-state index contributed by atoms with van der Waals surface area (Å²) < 4.78 is 32.5. The molecule has 1 heterocycles. The number of nitrogens with one attached hydrogen (secondary N) is 2. The van der Waals surface area contributed by atoms with Crippen LogP contribution in [0, 0.1) is 5.92 Å². The zero-order valence-corrected chi connectivity index (χ0v) is 16.9. The molecule has 27 heavy (non-hydrogen) atoms. The number of carbonyl (C=O) groups excluding carboxylic acids is 1. The summed E-state index contributed by atoms with van der Waals surface area (Å²) >= 11 is 0. The van der Waals surface area contributed by atoms with Crippen molar-refractivity contribution in [3.05, 3.63) is 24.3 Å². The van der Waals surface area contributed by atoms with Crippen molar-refractivity contribution in [2.75, 3.05) is 39.3 Å². The van der Waals surface area contributed by atoms with Gasteiger partial charge < -0.3 is 15.0 Å². The number of hydrogen-bond donors (Lipinski definition) is 2. The van der Waals surface area contributed by atoms with Crippen LogP contribution in [0.2, 0.25) is 0 Å². The van der Waals surface area contributed by atoms with E-state index in [0.29, 0.717) is 51.0 Å². The highest BCUT2D eigenvalue weighted by atomic mass is 32.2. The number of benzene rings is 1. The number of carbonyl (C=O) groups is 1. The highest BCUT2D eigenvalue weighted by Gasteiger charge is 2.32. The van der Waals surface area contributed by atoms with E-state index in [0.717, 1.165) is 4.90 Å². The molecule has 1 saturated carbocycles. The molecular formula is C19H30N3O4S+. The Balaban J connectivity index is 1.50. The van der Waals surface area contributed by atoms with Crippen LogP contribution in [0.5, 0.6) is 5.75 Å². The molecule has 0 radical (unpaired) electrons. The summed E-state index contributed by atoms with van der Waals surface area (Å²) in [6.45, 7) is 7.04. The molecule has 1 aliphatic heterocycles. The molecule has 1 amide bonds. The lowest BCUT2D eigenvalue weighted by Gasteiger charge is -2.31. The van der Waals surface area contributed by atoms with Crippen LogP contribution in [-0.4, -0.2) is 64.0 Å². The minimum Gasteiger partial charge on any atom is -0.494 e. The van der Waals surface area contributed by atoms with Crippen LogP contribution >= 0.6 is 0 Å². The van der Waals surface area contributed by atoms with Gasteiger partial charge in [0, 0.05) is 6.04 Å². The van der Waals surface area contributed by atoms with Gasteiger partial charge in [-0.15, -0.1) is 0 Å². The van der Waals surface area contributed by atoms with Crippen molar-refractivity contribution in [1.29, 1.82) is 0 Å². The van der Waals surface area contributed by atoms with Crippen LogP contribution in [-0.2, 0) is 14.8 Å². The Hall–Kier alpha value is -1.64. The number of ether oxygens (including phenoxy) is 1. The maximum absolute atomic E-state index is 12.8. The molecule has 8 heteroatoms. The Morgan fingerprint density at radius 1 is 1.26 bits per heavy atom. The van der Waals surface area contributed by atoms with Crippen molar-refractivity contribution in [3.63, 3.8) is 0 Å². The average molecular weight is 397 g/mol. The highest BCUT2D eigenvalue weighted by Crippen LogP contribution is 2.32. The van der Waals surface area contributed by atoms with Gasteiger partial charge in [-0.05, 0) is 56.9 Å². The topological polar surface area (TPSA) is 80.2 Å². The third-order valence-electron chi connectivity index (χ3n) is 5.33. The number of hydrogen-bond acceptors (Lipinski definition) is 4.